The molecule has 1 aromatic heterocycles. The summed E-state index contributed by atoms with van der Waals surface area (Å²) >= 11 is 0. The SMILES string of the molecule is CCS(=O)(=O)c1nnc([C@H](Cc2ccccc2)NC(=O)CC(C)C)o1. The largest absolute Gasteiger partial charge is 0.410 e. The molecule has 0 aliphatic heterocycles. The summed E-state index contributed by atoms with van der Waals surface area (Å²) in [6.07, 6.45) is 0.790. The number of hydrogen-bond donors (Lipinski definition) is 1. The van der Waals surface area contributed by atoms with Gasteiger partial charge >= 0.3 is 5.22 Å². The Balaban J connectivity index is 2.26. The second-order valence-corrected chi connectivity index (χ2v) is 8.37. The molecule has 25 heavy (non-hydrogen) atoms. The monoisotopic (exact) mass is 365 g/mol. The fourth-order valence-corrected chi connectivity index (χ4v) is 2.91. The van der Waals surface area contributed by atoms with Crippen molar-refractivity contribution in [3.63, 3.8) is 0 Å². The highest BCUT2D eigenvalue weighted by Gasteiger charge is 2.26. The van der Waals surface area contributed by atoms with Crippen LogP contribution in [-0.2, 0) is 21.1 Å². The molecule has 0 spiro atoms. The highest BCUT2D eigenvalue weighted by molar-refractivity contribution is 7.91. The fourth-order valence-electron chi connectivity index (χ4n) is 2.28. The van der Waals surface area contributed by atoms with Crippen LogP contribution in [0.1, 0.15) is 44.7 Å². The molecule has 0 fully saturated rings. The average molecular weight is 365 g/mol. The predicted octanol–water partition coefficient (Wildman–Crippen LogP) is 2.31. The molecule has 8 heteroatoms. The molecule has 0 aliphatic rings. The zero-order valence-corrected chi connectivity index (χ0v) is 15.4. The summed E-state index contributed by atoms with van der Waals surface area (Å²) in [4.78, 5) is 12.2. The van der Waals surface area contributed by atoms with E-state index in [1.54, 1.807) is 0 Å². The van der Waals surface area contributed by atoms with E-state index in [4.69, 9.17) is 4.42 Å². The summed E-state index contributed by atoms with van der Waals surface area (Å²) in [6.45, 7) is 5.40. The molecule has 0 saturated heterocycles. The molecule has 0 unspecified atom stereocenters. The van der Waals surface area contributed by atoms with E-state index >= 15 is 0 Å². The van der Waals surface area contributed by atoms with Crippen molar-refractivity contribution in [2.75, 3.05) is 5.75 Å². The lowest BCUT2D eigenvalue weighted by Gasteiger charge is -2.16. The number of benzene rings is 1. The zero-order chi connectivity index (χ0) is 18.4. The third-order valence-corrected chi connectivity index (χ3v) is 5.03. The molecular weight excluding hydrogens is 342 g/mol. The van der Waals surface area contributed by atoms with Gasteiger partial charge in [0.25, 0.3) is 0 Å². The van der Waals surface area contributed by atoms with E-state index < -0.39 is 21.1 Å². The van der Waals surface area contributed by atoms with Crippen LogP contribution in [0.2, 0.25) is 0 Å². The van der Waals surface area contributed by atoms with Crippen LogP contribution in [0.4, 0.5) is 0 Å². The van der Waals surface area contributed by atoms with Gasteiger partial charge in [-0.1, -0.05) is 56.2 Å². The topological polar surface area (TPSA) is 102 Å². The van der Waals surface area contributed by atoms with Gasteiger partial charge in [0.15, 0.2) is 0 Å². The highest BCUT2D eigenvalue weighted by atomic mass is 32.2. The van der Waals surface area contributed by atoms with Crippen molar-refractivity contribution in [1.82, 2.24) is 15.5 Å². The van der Waals surface area contributed by atoms with Gasteiger partial charge in [-0.25, -0.2) is 8.42 Å². The highest BCUT2D eigenvalue weighted by Crippen LogP contribution is 2.20. The van der Waals surface area contributed by atoms with Crippen molar-refractivity contribution in [2.24, 2.45) is 5.92 Å². The Bertz CT molecular complexity index is 800. The minimum Gasteiger partial charge on any atom is -0.410 e. The number of carbonyl (C=O) groups excluding carboxylic acids is 1. The summed E-state index contributed by atoms with van der Waals surface area (Å²) in [5.74, 6) is 0.0237. The van der Waals surface area contributed by atoms with Gasteiger partial charge < -0.3 is 9.73 Å². The number of nitrogens with zero attached hydrogens (tertiary/aromatic N) is 2. The Hall–Kier alpha value is -2.22. The van der Waals surface area contributed by atoms with Crippen molar-refractivity contribution in [2.45, 2.75) is 44.9 Å². The maximum atomic E-state index is 12.2. The van der Waals surface area contributed by atoms with Gasteiger partial charge in [0, 0.05) is 12.8 Å². The van der Waals surface area contributed by atoms with E-state index in [1.807, 2.05) is 44.2 Å². The van der Waals surface area contributed by atoms with Crippen molar-refractivity contribution >= 4 is 15.7 Å². The third-order valence-electron chi connectivity index (χ3n) is 3.58. The van der Waals surface area contributed by atoms with Crippen LogP contribution in [0.15, 0.2) is 40.0 Å². The normalized spacial score (nSPS) is 13.0. The number of carbonyl (C=O) groups is 1. The zero-order valence-electron chi connectivity index (χ0n) is 14.6. The molecule has 0 saturated carbocycles. The van der Waals surface area contributed by atoms with Crippen LogP contribution in [0.5, 0.6) is 0 Å². The Morgan fingerprint density at radius 1 is 1.20 bits per heavy atom. The first kappa shape index (κ1) is 19.1. The van der Waals surface area contributed by atoms with E-state index in [2.05, 4.69) is 15.5 Å². The molecule has 0 aliphatic carbocycles. The average Bonchev–Trinajstić information content (AvgIpc) is 3.05. The second kappa shape index (κ2) is 8.24. The van der Waals surface area contributed by atoms with Gasteiger partial charge in [-0.2, -0.15) is 0 Å². The van der Waals surface area contributed by atoms with Gasteiger partial charge in [-0.05, 0) is 11.5 Å². The molecule has 1 atom stereocenters. The summed E-state index contributed by atoms with van der Waals surface area (Å²) in [5.41, 5.74) is 0.968. The first-order chi connectivity index (χ1) is 11.8. The summed E-state index contributed by atoms with van der Waals surface area (Å²) < 4.78 is 29.1. The van der Waals surface area contributed by atoms with Crippen molar-refractivity contribution < 1.29 is 17.6 Å². The first-order valence-electron chi connectivity index (χ1n) is 8.21. The molecule has 2 rings (SSSR count). The Morgan fingerprint density at radius 2 is 1.88 bits per heavy atom. The molecule has 1 N–H and O–H groups in total. The minimum atomic E-state index is -3.58. The quantitative estimate of drug-likeness (QED) is 0.770. The summed E-state index contributed by atoms with van der Waals surface area (Å²) in [6, 6.07) is 8.94. The molecule has 1 amide bonds. The Labute approximate surface area is 147 Å². The van der Waals surface area contributed by atoms with Crippen molar-refractivity contribution in [3.8, 4) is 0 Å². The van der Waals surface area contributed by atoms with Gasteiger partial charge in [0.05, 0.1) is 5.75 Å². The Morgan fingerprint density at radius 3 is 2.48 bits per heavy atom. The van der Waals surface area contributed by atoms with Crippen LogP contribution in [0, 0.1) is 5.92 Å². The number of amides is 1. The lowest BCUT2D eigenvalue weighted by molar-refractivity contribution is -0.122. The van der Waals surface area contributed by atoms with E-state index in [9.17, 15) is 13.2 Å². The van der Waals surface area contributed by atoms with E-state index in [-0.39, 0.29) is 23.5 Å². The number of nitrogens with one attached hydrogen (secondary N) is 1. The molecule has 1 aromatic carbocycles. The smallest absolute Gasteiger partial charge is 0.335 e. The van der Waals surface area contributed by atoms with Crippen molar-refractivity contribution in [3.05, 3.63) is 41.8 Å². The van der Waals surface area contributed by atoms with Crippen LogP contribution < -0.4 is 5.32 Å². The summed E-state index contributed by atoms with van der Waals surface area (Å²) in [7, 11) is -3.58. The molecule has 0 bridgehead atoms. The molecular formula is C17H23N3O4S. The predicted molar refractivity (Wildman–Crippen MR) is 92.5 cm³/mol. The van der Waals surface area contributed by atoms with Gasteiger partial charge in [0.1, 0.15) is 6.04 Å². The van der Waals surface area contributed by atoms with Crippen LogP contribution in [0.3, 0.4) is 0 Å². The van der Waals surface area contributed by atoms with Crippen LogP contribution in [-0.4, -0.2) is 30.3 Å². The lowest BCUT2D eigenvalue weighted by Crippen LogP contribution is -2.31. The molecule has 7 nitrogen and oxygen atoms in total. The molecule has 136 valence electrons. The van der Waals surface area contributed by atoms with E-state index in [0.29, 0.717) is 12.8 Å². The standard InChI is InChI=1S/C17H23N3O4S/c1-4-25(22,23)17-20-19-16(24-17)14(18-15(21)10-12(2)3)11-13-8-6-5-7-9-13/h5-9,12,14H,4,10-11H2,1-3H3,(H,18,21)/t14-/m0/s1. The second-order valence-electron chi connectivity index (χ2n) is 6.22. The van der Waals surface area contributed by atoms with Gasteiger partial charge in [-0.3, -0.25) is 4.79 Å². The number of sulfone groups is 1. The van der Waals surface area contributed by atoms with Crippen LogP contribution in [0.25, 0.3) is 0 Å². The Kier molecular flexibility index (Phi) is 6.30. The maximum Gasteiger partial charge on any atom is 0.335 e. The van der Waals surface area contributed by atoms with Gasteiger partial charge in [0.2, 0.25) is 21.6 Å². The van der Waals surface area contributed by atoms with Gasteiger partial charge in [-0.15, -0.1) is 5.10 Å². The number of aromatic nitrogens is 2. The lowest BCUT2D eigenvalue weighted by atomic mass is 10.0. The minimum absolute atomic E-state index is 0.0907. The third kappa shape index (κ3) is 5.38. The van der Waals surface area contributed by atoms with Crippen molar-refractivity contribution in [1.29, 1.82) is 0 Å². The maximum absolute atomic E-state index is 12.2. The summed E-state index contributed by atoms with van der Waals surface area (Å²) in [5, 5.41) is 9.93. The fraction of sp³-hybridized carbons (Fsp3) is 0.471. The first-order valence-corrected chi connectivity index (χ1v) is 9.86. The molecule has 2 aromatic rings. The molecule has 1 heterocycles. The van der Waals surface area contributed by atoms with E-state index in [0.717, 1.165) is 5.56 Å². The molecule has 0 radical (unpaired) electrons. The number of rotatable bonds is 8. The van der Waals surface area contributed by atoms with Crippen LogP contribution >= 0.6 is 0 Å². The van der Waals surface area contributed by atoms with E-state index in [1.165, 1.54) is 6.92 Å². The number of hydrogen-bond acceptors (Lipinski definition) is 6.